The fourth-order valence-electron chi connectivity index (χ4n) is 4.05. The first-order chi connectivity index (χ1) is 16.5. The molecule has 0 radical (unpaired) electrons. The molecule has 1 fully saturated rings. The van der Waals surface area contributed by atoms with Gasteiger partial charge in [0.1, 0.15) is 5.75 Å². The van der Waals surface area contributed by atoms with E-state index < -0.39 is 0 Å². The van der Waals surface area contributed by atoms with E-state index in [0.29, 0.717) is 22.0 Å². The third-order valence-electron chi connectivity index (χ3n) is 6.28. The minimum absolute atomic E-state index is 0.135. The molecule has 2 heterocycles. The van der Waals surface area contributed by atoms with E-state index in [2.05, 4.69) is 15.2 Å². The van der Waals surface area contributed by atoms with Crippen LogP contribution in [0, 0.1) is 0 Å². The Labute approximate surface area is 202 Å². The van der Waals surface area contributed by atoms with E-state index in [1.807, 2.05) is 49.4 Å². The number of halogens is 1. The number of aromatic nitrogens is 3. The number of rotatable bonds is 7. The van der Waals surface area contributed by atoms with E-state index in [-0.39, 0.29) is 24.7 Å². The number of aromatic amines is 1. The van der Waals surface area contributed by atoms with Gasteiger partial charge in [-0.25, -0.2) is 0 Å². The predicted octanol–water partition coefficient (Wildman–Crippen LogP) is 5.15. The molecule has 0 aliphatic heterocycles. The number of pyridine rings is 1. The van der Waals surface area contributed by atoms with Crippen LogP contribution in [-0.2, 0) is 6.61 Å². The van der Waals surface area contributed by atoms with E-state index >= 15 is 0 Å². The van der Waals surface area contributed by atoms with Crippen LogP contribution in [0.4, 0.5) is 0 Å². The smallest absolute Gasteiger partial charge is 0.254 e. The van der Waals surface area contributed by atoms with Gasteiger partial charge >= 0.3 is 0 Å². The number of carbonyl (C=O) groups is 1. The largest absolute Gasteiger partial charge is 0.490 e. The van der Waals surface area contributed by atoms with Crippen molar-refractivity contribution in [3.05, 3.63) is 76.7 Å². The number of ether oxygens (including phenoxy) is 1. The first-order valence-corrected chi connectivity index (χ1v) is 11.6. The Bertz CT molecular complexity index is 1370. The summed E-state index contributed by atoms with van der Waals surface area (Å²) in [4.78, 5) is 19.5. The molecule has 7 nitrogen and oxygen atoms in total. The van der Waals surface area contributed by atoms with Gasteiger partial charge in [0, 0.05) is 40.3 Å². The fraction of sp³-hybridized carbons (Fsp3) is 0.269. The monoisotopic (exact) mass is 476 g/mol. The molecule has 0 unspecified atom stereocenters. The van der Waals surface area contributed by atoms with Crippen LogP contribution < -0.4 is 4.74 Å². The molecule has 1 saturated carbocycles. The van der Waals surface area contributed by atoms with Gasteiger partial charge < -0.3 is 14.7 Å². The summed E-state index contributed by atoms with van der Waals surface area (Å²) in [6.45, 7) is 1.76. The summed E-state index contributed by atoms with van der Waals surface area (Å²) >= 11 is 6.21. The number of benzene rings is 2. The number of hydrogen-bond acceptors (Lipinski definition) is 5. The lowest BCUT2D eigenvalue weighted by molar-refractivity contribution is 0.0742. The number of H-pyrrole nitrogens is 1. The zero-order valence-corrected chi connectivity index (χ0v) is 19.7. The van der Waals surface area contributed by atoms with Crippen LogP contribution in [0.5, 0.6) is 5.75 Å². The molecule has 174 valence electrons. The maximum Gasteiger partial charge on any atom is 0.254 e. The second kappa shape index (κ2) is 9.08. The highest BCUT2D eigenvalue weighted by Crippen LogP contribution is 2.37. The van der Waals surface area contributed by atoms with Crippen molar-refractivity contribution in [2.75, 3.05) is 7.05 Å². The standard InChI is InChI=1S/C26H25ClN4O3/c1-15(21-12-28-23(14-32)22-13-29-30-25(21)22)31(2)26(33)17-6-9-20(16-4-3-5-18(27)10-16)24(11-17)34-19-7-8-19/h3-6,9-13,15,19,32H,7-8,14H2,1-2H3,(H,29,30)/t15-/m0/s1. The molecule has 5 rings (SSSR count). The number of fused-ring (bicyclic) bond motifs is 1. The molecule has 1 amide bonds. The third kappa shape index (κ3) is 4.24. The molecular weight excluding hydrogens is 452 g/mol. The second-order valence-electron chi connectivity index (χ2n) is 8.61. The molecule has 8 heteroatoms. The van der Waals surface area contributed by atoms with Crippen LogP contribution in [0.15, 0.2) is 54.9 Å². The van der Waals surface area contributed by atoms with E-state index in [4.69, 9.17) is 16.3 Å². The Balaban J connectivity index is 1.46. The molecule has 1 atom stereocenters. The van der Waals surface area contributed by atoms with Crippen molar-refractivity contribution in [3.8, 4) is 16.9 Å². The number of amides is 1. The van der Waals surface area contributed by atoms with Gasteiger partial charge in [0.15, 0.2) is 0 Å². The van der Waals surface area contributed by atoms with Crippen LogP contribution in [0.25, 0.3) is 22.0 Å². The number of hydrogen-bond donors (Lipinski definition) is 2. The Morgan fingerprint density at radius 3 is 2.82 bits per heavy atom. The van der Waals surface area contributed by atoms with Crippen molar-refractivity contribution in [2.45, 2.75) is 38.5 Å². The van der Waals surface area contributed by atoms with Gasteiger partial charge in [0.2, 0.25) is 0 Å². The van der Waals surface area contributed by atoms with Gasteiger partial charge in [-0.05, 0) is 55.7 Å². The summed E-state index contributed by atoms with van der Waals surface area (Å²) in [6.07, 6.45) is 5.54. The summed E-state index contributed by atoms with van der Waals surface area (Å²) in [5, 5.41) is 18.0. The molecule has 1 aliphatic rings. The predicted molar refractivity (Wildman–Crippen MR) is 131 cm³/mol. The van der Waals surface area contributed by atoms with Crippen molar-refractivity contribution >= 4 is 28.4 Å². The maximum absolute atomic E-state index is 13.5. The van der Waals surface area contributed by atoms with E-state index in [1.54, 1.807) is 24.3 Å². The first kappa shape index (κ1) is 22.4. The number of nitrogens with zero attached hydrogens (tertiary/aromatic N) is 3. The number of aliphatic hydroxyl groups excluding tert-OH is 1. The normalized spacial score (nSPS) is 14.2. The minimum Gasteiger partial charge on any atom is -0.490 e. The Morgan fingerprint density at radius 2 is 2.09 bits per heavy atom. The van der Waals surface area contributed by atoms with Crippen LogP contribution in [0.2, 0.25) is 5.02 Å². The number of aliphatic hydroxyl groups is 1. The molecule has 2 aromatic carbocycles. The summed E-state index contributed by atoms with van der Waals surface area (Å²) in [7, 11) is 1.77. The minimum atomic E-state index is -0.281. The fourth-order valence-corrected chi connectivity index (χ4v) is 4.24. The van der Waals surface area contributed by atoms with Crippen molar-refractivity contribution in [1.29, 1.82) is 0 Å². The Morgan fingerprint density at radius 1 is 1.26 bits per heavy atom. The maximum atomic E-state index is 13.5. The van der Waals surface area contributed by atoms with Crippen molar-refractivity contribution in [1.82, 2.24) is 20.1 Å². The zero-order valence-electron chi connectivity index (χ0n) is 19.0. The summed E-state index contributed by atoms with van der Waals surface area (Å²) in [5.41, 5.74) is 4.53. The molecular formula is C26H25ClN4O3. The molecule has 1 aliphatic carbocycles. The summed E-state index contributed by atoms with van der Waals surface area (Å²) in [5.74, 6) is 0.547. The summed E-state index contributed by atoms with van der Waals surface area (Å²) < 4.78 is 6.18. The number of carbonyl (C=O) groups excluding carboxylic acids is 1. The topological polar surface area (TPSA) is 91.3 Å². The van der Waals surface area contributed by atoms with Gasteiger partial charge in [0.05, 0.1) is 36.2 Å². The highest BCUT2D eigenvalue weighted by atomic mass is 35.5. The number of nitrogens with one attached hydrogen (secondary N) is 1. The van der Waals surface area contributed by atoms with Crippen LogP contribution >= 0.6 is 11.6 Å². The quantitative estimate of drug-likeness (QED) is 0.385. The van der Waals surface area contributed by atoms with E-state index in [1.165, 1.54) is 0 Å². The average Bonchev–Trinajstić information content (AvgIpc) is 3.53. The van der Waals surface area contributed by atoms with Gasteiger partial charge in [-0.3, -0.25) is 14.9 Å². The summed E-state index contributed by atoms with van der Waals surface area (Å²) in [6, 6.07) is 12.9. The Kier molecular flexibility index (Phi) is 5.98. The molecule has 0 bridgehead atoms. The lowest BCUT2D eigenvalue weighted by atomic mass is 10.0. The zero-order chi connectivity index (χ0) is 23.8. The lowest BCUT2D eigenvalue weighted by Gasteiger charge is -2.26. The second-order valence-corrected chi connectivity index (χ2v) is 9.04. The first-order valence-electron chi connectivity index (χ1n) is 11.2. The molecule has 2 N–H and O–H groups in total. The molecule has 4 aromatic rings. The Hall–Kier alpha value is -3.42. The van der Waals surface area contributed by atoms with E-state index in [9.17, 15) is 9.90 Å². The molecule has 2 aromatic heterocycles. The lowest BCUT2D eigenvalue weighted by Crippen LogP contribution is -2.30. The molecule has 0 spiro atoms. The van der Waals surface area contributed by atoms with Crippen LogP contribution in [0.1, 0.15) is 47.4 Å². The van der Waals surface area contributed by atoms with E-state index in [0.717, 1.165) is 40.4 Å². The SMILES string of the molecule is C[C@@H](c1cnc(CO)c2cn[nH]c12)N(C)C(=O)c1ccc(-c2cccc(Cl)c2)c(OC2CC2)c1. The van der Waals surface area contributed by atoms with Gasteiger partial charge in [-0.2, -0.15) is 5.10 Å². The molecule has 34 heavy (non-hydrogen) atoms. The molecule has 0 saturated heterocycles. The highest BCUT2D eigenvalue weighted by molar-refractivity contribution is 6.30. The van der Waals surface area contributed by atoms with Gasteiger partial charge in [-0.1, -0.05) is 23.7 Å². The van der Waals surface area contributed by atoms with Crippen LogP contribution in [-0.4, -0.2) is 44.2 Å². The van der Waals surface area contributed by atoms with Crippen molar-refractivity contribution in [3.63, 3.8) is 0 Å². The van der Waals surface area contributed by atoms with Gasteiger partial charge in [0.25, 0.3) is 5.91 Å². The van der Waals surface area contributed by atoms with Crippen LogP contribution in [0.3, 0.4) is 0 Å². The highest BCUT2D eigenvalue weighted by Gasteiger charge is 2.27. The average molecular weight is 477 g/mol. The van der Waals surface area contributed by atoms with Gasteiger partial charge in [-0.15, -0.1) is 0 Å². The van der Waals surface area contributed by atoms with Crippen molar-refractivity contribution < 1.29 is 14.6 Å². The third-order valence-corrected chi connectivity index (χ3v) is 6.52. The van der Waals surface area contributed by atoms with Crippen molar-refractivity contribution in [2.24, 2.45) is 0 Å².